The van der Waals surface area contributed by atoms with Gasteiger partial charge in [0.15, 0.2) is 0 Å². The molecule has 7 heteroatoms. The molecule has 0 radical (unpaired) electrons. The lowest BCUT2D eigenvalue weighted by Gasteiger charge is -2.32. The maximum absolute atomic E-state index is 12.0. The van der Waals surface area contributed by atoms with Crippen LogP contribution in [0.15, 0.2) is 18.2 Å². The van der Waals surface area contributed by atoms with Gasteiger partial charge in [0.1, 0.15) is 0 Å². The van der Waals surface area contributed by atoms with Gasteiger partial charge in [-0.25, -0.2) is 0 Å². The Balaban J connectivity index is 1.92. The average molecular weight is 318 g/mol. The highest BCUT2D eigenvalue weighted by atomic mass is 35.5. The second-order valence-corrected chi connectivity index (χ2v) is 5.53. The van der Waals surface area contributed by atoms with E-state index in [1.807, 2.05) is 4.90 Å². The van der Waals surface area contributed by atoms with Gasteiger partial charge in [0.2, 0.25) is 5.91 Å². The maximum atomic E-state index is 12.0. The Labute approximate surface area is 127 Å². The summed E-state index contributed by atoms with van der Waals surface area (Å²) in [6.07, 6.45) is 0. The van der Waals surface area contributed by atoms with Crippen molar-refractivity contribution in [3.8, 4) is 0 Å². The topological polar surface area (TPSA) is 64.6 Å². The minimum Gasteiger partial charge on any atom is -0.395 e. The molecular formula is C13H17Cl2N3O2. The van der Waals surface area contributed by atoms with Gasteiger partial charge < -0.3 is 15.7 Å². The van der Waals surface area contributed by atoms with Crippen molar-refractivity contribution in [3.05, 3.63) is 28.2 Å². The average Bonchev–Trinajstić information content (AvgIpc) is 2.43. The predicted octanol–water partition coefficient (Wildman–Crippen LogP) is 1.20. The van der Waals surface area contributed by atoms with Crippen LogP contribution in [0, 0.1) is 0 Å². The molecule has 0 saturated carbocycles. The van der Waals surface area contributed by atoms with Crippen LogP contribution in [-0.2, 0) is 4.79 Å². The number of piperazine rings is 1. The molecule has 20 heavy (non-hydrogen) atoms. The van der Waals surface area contributed by atoms with Crippen molar-refractivity contribution in [2.45, 2.75) is 6.04 Å². The number of hydrogen-bond donors (Lipinski definition) is 3. The van der Waals surface area contributed by atoms with Crippen LogP contribution in [-0.4, -0.2) is 54.7 Å². The number of rotatable bonds is 4. The van der Waals surface area contributed by atoms with Gasteiger partial charge in [-0.3, -0.25) is 9.69 Å². The number of nitrogens with one attached hydrogen (secondary N) is 2. The molecule has 110 valence electrons. The number of anilines is 1. The summed E-state index contributed by atoms with van der Waals surface area (Å²) in [4.78, 5) is 14.0. The normalized spacial score (nSPS) is 19.9. The zero-order valence-electron chi connectivity index (χ0n) is 10.9. The lowest BCUT2D eigenvalue weighted by atomic mass is 10.2. The molecule has 1 fully saturated rings. The van der Waals surface area contributed by atoms with E-state index in [1.54, 1.807) is 18.2 Å². The van der Waals surface area contributed by atoms with Crippen LogP contribution in [0.1, 0.15) is 0 Å². The first kappa shape index (κ1) is 15.5. The molecule has 5 nitrogen and oxygen atoms in total. The van der Waals surface area contributed by atoms with Gasteiger partial charge in [0, 0.05) is 25.7 Å². The third kappa shape index (κ3) is 4.07. The summed E-state index contributed by atoms with van der Waals surface area (Å²) in [5, 5.41) is 15.9. The molecule has 1 aliphatic rings. The summed E-state index contributed by atoms with van der Waals surface area (Å²) in [5.41, 5.74) is 0.440. The van der Waals surface area contributed by atoms with Gasteiger partial charge in [0.05, 0.1) is 28.9 Å². The zero-order valence-corrected chi connectivity index (χ0v) is 12.4. The Morgan fingerprint density at radius 2 is 2.15 bits per heavy atom. The highest BCUT2D eigenvalue weighted by molar-refractivity contribution is 6.39. The summed E-state index contributed by atoms with van der Waals surface area (Å²) >= 11 is 12.0. The van der Waals surface area contributed by atoms with Crippen LogP contribution in [0.5, 0.6) is 0 Å². The molecule has 0 bridgehead atoms. The Morgan fingerprint density at radius 1 is 1.45 bits per heavy atom. The van der Waals surface area contributed by atoms with E-state index in [1.165, 1.54) is 0 Å². The molecule has 1 amide bonds. The Morgan fingerprint density at radius 3 is 2.80 bits per heavy atom. The highest BCUT2D eigenvalue weighted by Gasteiger charge is 2.20. The van der Waals surface area contributed by atoms with Gasteiger partial charge in [-0.15, -0.1) is 0 Å². The van der Waals surface area contributed by atoms with E-state index in [4.69, 9.17) is 28.3 Å². The number of halogens is 2. The molecule has 1 unspecified atom stereocenters. The van der Waals surface area contributed by atoms with Crippen LogP contribution in [0.25, 0.3) is 0 Å². The summed E-state index contributed by atoms with van der Waals surface area (Å²) < 4.78 is 0. The lowest BCUT2D eigenvalue weighted by Crippen LogP contribution is -2.53. The number of carbonyl (C=O) groups is 1. The minimum atomic E-state index is -0.168. The van der Waals surface area contributed by atoms with Gasteiger partial charge in [-0.2, -0.15) is 0 Å². The van der Waals surface area contributed by atoms with E-state index < -0.39 is 0 Å². The second-order valence-electron chi connectivity index (χ2n) is 4.71. The van der Waals surface area contributed by atoms with Crippen LogP contribution in [0.4, 0.5) is 5.69 Å². The van der Waals surface area contributed by atoms with Crippen LogP contribution in [0.2, 0.25) is 10.0 Å². The van der Waals surface area contributed by atoms with Crippen molar-refractivity contribution in [1.82, 2.24) is 10.2 Å². The van der Waals surface area contributed by atoms with Crippen molar-refractivity contribution >= 4 is 34.8 Å². The van der Waals surface area contributed by atoms with E-state index in [0.717, 1.165) is 13.1 Å². The standard InChI is InChI=1S/C13H17Cl2N3O2/c14-10-2-1-3-11(15)13(10)17-12(20)7-18-5-4-16-9(6-18)8-19/h1-3,9,16,19H,4-8H2,(H,17,20). The molecule has 0 aromatic heterocycles. The molecule has 2 rings (SSSR count). The molecular weight excluding hydrogens is 301 g/mol. The molecule has 0 spiro atoms. The van der Waals surface area contributed by atoms with Gasteiger partial charge in [0.25, 0.3) is 0 Å². The lowest BCUT2D eigenvalue weighted by molar-refractivity contribution is -0.117. The van der Waals surface area contributed by atoms with Crippen molar-refractivity contribution in [2.75, 3.05) is 38.1 Å². The van der Waals surface area contributed by atoms with E-state index in [2.05, 4.69) is 10.6 Å². The van der Waals surface area contributed by atoms with Crippen LogP contribution in [0.3, 0.4) is 0 Å². The summed E-state index contributed by atoms with van der Waals surface area (Å²) in [5.74, 6) is -0.168. The Hall–Kier alpha value is -0.850. The van der Waals surface area contributed by atoms with Crippen LogP contribution < -0.4 is 10.6 Å². The quantitative estimate of drug-likeness (QED) is 0.780. The van der Waals surface area contributed by atoms with E-state index in [9.17, 15) is 4.79 Å². The van der Waals surface area contributed by atoms with E-state index in [0.29, 0.717) is 22.3 Å². The maximum Gasteiger partial charge on any atom is 0.238 e. The summed E-state index contributed by atoms with van der Waals surface area (Å²) in [6.45, 7) is 2.47. The smallest absolute Gasteiger partial charge is 0.238 e. The van der Waals surface area contributed by atoms with Crippen molar-refractivity contribution in [2.24, 2.45) is 0 Å². The SMILES string of the molecule is O=C(CN1CCNC(CO)C1)Nc1c(Cl)cccc1Cl. The third-order valence-corrected chi connectivity index (χ3v) is 3.78. The Bertz CT molecular complexity index is 464. The first-order chi connectivity index (χ1) is 9.60. The molecule has 1 aromatic rings. The number of hydrogen-bond acceptors (Lipinski definition) is 4. The molecule has 1 aromatic carbocycles. The summed E-state index contributed by atoms with van der Waals surface area (Å²) in [7, 11) is 0. The molecule has 1 heterocycles. The molecule has 0 aliphatic carbocycles. The van der Waals surface area contributed by atoms with Crippen molar-refractivity contribution < 1.29 is 9.90 Å². The molecule has 1 atom stereocenters. The fourth-order valence-corrected chi connectivity index (χ4v) is 2.65. The van der Waals surface area contributed by atoms with E-state index >= 15 is 0 Å². The second kappa shape index (κ2) is 7.24. The fraction of sp³-hybridized carbons (Fsp3) is 0.462. The number of para-hydroxylation sites is 1. The van der Waals surface area contributed by atoms with Crippen molar-refractivity contribution in [3.63, 3.8) is 0 Å². The molecule has 3 N–H and O–H groups in total. The summed E-state index contributed by atoms with van der Waals surface area (Å²) in [6, 6.07) is 5.09. The van der Waals surface area contributed by atoms with Gasteiger partial charge in [-0.05, 0) is 12.1 Å². The number of aliphatic hydroxyl groups excluding tert-OH is 1. The van der Waals surface area contributed by atoms with Gasteiger partial charge >= 0.3 is 0 Å². The first-order valence-electron chi connectivity index (χ1n) is 6.40. The molecule has 1 saturated heterocycles. The van der Waals surface area contributed by atoms with Crippen LogP contribution >= 0.6 is 23.2 Å². The highest BCUT2D eigenvalue weighted by Crippen LogP contribution is 2.29. The molecule has 1 aliphatic heterocycles. The number of carbonyl (C=O) groups excluding carboxylic acids is 1. The van der Waals surface area contributed by atoms with Gasteiger partial charge in [-0.1, -0.05) is 29.3 Å². The largest absolute Gasteiger partial charge is 0.395 e. The zero-order chi connectivity index (χ0) is 14.5. The number of nitrogens with zero attached hydrogens (tertiary/aromatic N) is 1. The first-order valence-corrected chi connectivity index (χ1v) is 7.16. The number of amides is 1. The predicted molar refractivity (Wildman–Crippen MR) is 80.4 cm³/mol. The monoisotopic (exact) mass is 317 g/mol. The minimum absolute atomic E-state index is 0.0143. The van der Waals surface area contributed by atoms with E-state index in [-0.39, 0.29) is 25.1 Å². The fourth-order valence-electron chi connectivity index (χ4n) is 2.16. The third-order valence-electron chi connectivity index (χ3n) is 3.15. The Kier molecular flexibility index (Phi) is 5.63. The number of benzene rings is 1. The number of aliphatic hydroxyl groups is 1. The van der Waals surface area contributed by atoms with Crippen molar-refractivity contribution in [1.29, 1.82) is 0 Å².